The molecule has 0 saturated carbocycles. The molecule has 3 rings (SSSR count). The molecule has 0 radical (unpaired) electrons. The van der Waals surface area contributed by atoms with Crippen molar-refractivity contribution in [1.82, 2.24) is 4.98 Å². The van der Waals surface area contributed by atoms with Crippen molar-refractivity contribution in [3.8, 4) is 16.9 Å². The Morgan fingerprint density at radius 3 is 2.43 bits per heavy atom. The van der Waals surface area contributed by atoms with Crippen molar-refractivity contribution in [3.63, 3.8) is 0 Å². The Morgan fingerprint density at radius 1 is 1.00 bits per heavy atom. The molecule has 3 aromatic rings. The van der Waals surface area contributed by atoms with Crippen LogP contribution < -0.4 is 0 Å². The topological polar surface area (TPSA) is 33.1 Å². The number of benzene rings is 2. The number of pyridine rings is 1. The van der Waals surface area contributed by atoms with Crippen LogP contribution in [0.3, 0.4) is 0 Å². The zero-order valence-corrected chi connectivity index (χ0v) is 11.9. The van der Waals surface area contributed by atoms with Crippen LogP contribution in [0, 0.1) is 12.7 Å². The molecule has 1 N–H and O–H groups in total. The third kappa shape index (κ3) is 2.72. The maximum absolute atomic E-state index is 14.1. The molecule has 0 amide bonds. The average molecular weight is 321 g/mol. The summed E-state index contributed by atoms with van der Waals surface area (Å²) < 4.78 is 53.6. The molecule has 0 unspecified atom stereocenters. The zero-order chi connectivity index (χ0) is 16.8. The SMILES string of the molecule is Cc1cc(-c2cc(O)ccc2F)c2cccc(C(F)(F)F)c2n1. The van der Waals surface area contributed by atoms with Crippen LogP contribution in [-0.4, -0.2) is 10.1 Å². The summed E-state index contributed by atoms with van der Waals surface area (Å²) in [4.78, 5) is 3.98. The first-order chi connectivity index (χ1) is 10.8. The maximum atomic E-state index is 14.1. The Balaban J connectivity index is 2.41. The fraction of sp³-hybridized carbons (Fsp3) is 0.118. The minimum absolute atomic E-state index is 0.0276. The molecule has 1 aromatic heterocycles. The molecule has 0 aliphatic rings. The second kappa shape index (κ2) is 5.22. The average Bonchev–Trinajstić information content (AvgIpc) is 2.47. The molecule has 6 heteroatoms. The Hall–Kier alpha value is -2.63. The summed E-state index contributed by atoms with van der Waals surface area (Å²) >= 11 is 0. The second-order valence-electron chi connectivity index (χ2n) is 5.17. The van der Waals surface area contributed by atoms with Crippen LogP contribution in [0.5, 0.6) is 5.75 Å². The van der Waals surface area contributed by atoms with Crippen molar-refractivity contribution in [1.29, 1.82) is 0 Å². The highest BCUT2D eigenvalue weighted by molar-refractivity contribution is 5.96. The minimum Gasteiger partial charge on any atom is -0.508 e. The van der Waals surface area contributed by atoms with Gasteiger partial charge in [0, 0.05) is 16.6 Å². The van der Waals surface area contributed by atoms with E-state index in [2.05, 4.69) is 4.98 Å². The lowest BCUT2D eigenvalue weighted by Crippen LogP contribution is -2.07. The highest BCUT2D eigenvalue weighted by atomic mass is 19.4. The van der Waals surface area contributed by atoms with Crippen molar-refractivity contribution in [2.24, 2.45) is 0 Å². The normalized spacial score (nSPS) is 11.9. The number of fused-ring (bicyclic) bond motifs is 1. The van der Waals surface area contributed by atoms with E-state index in [1.165, 1.54) is 37.3 Å². The first kappa shape index (κ1) is 15.3. The Labute approximate surface area is 129 Å². The van der Waals surface area contributed by atoms with Crippen LogP contribution in [0.25, 0.3) is 22.0 Å². The number of alkyl halides is 3. The number of hydrogen-bond acceptors (Lipinski definition) is 2. The molecular formula is C17H11F4NO. The van der Waals surface area contributed by atoms with Crippen LogP contribution in [0.2, 0.25) is 0 Å². The Morgan fingerprint density at radius 2 is 1.74 bits per heavy atom. The predicted molar refractivity (Wildman–Crippen MR) is 78.5 cm³/mol. The number of aryl methyl sites for hydroxylation is 1. The van der Waals surface area contributed by atoms with Gasteiger partial charge in [-0.25, -0.2) is 4.39 Å². The van der Waals surface area contributed by atoms with Crippen LogP contribution in [0.4, 0.5) is 17.6 Å². The highest BCUT2D eigenvalue weighted by Gasteiger charge is 2.33. The molecule has 1 heterocycles. The molecular weight excluding hydrogens is 310 g/mol. The minimum atomic E-state index is -4.56. The van der Waals surface area contributed by atoms with E-state index < -0.39 is 17.6 Å². The fourth-order valence-electron chi connectivity index (χ4n) is 2.55. The fourth-order valence-corrected chi connectivity index (χ4v) is 2.55. The number of rotatable bonds is 1. The van der Waals surface area contributed by atoms with Crippen LogP contribution >= 0.6 is 0 Å². The van der Waals surface area contributed by atoms with E-state index in [-0.39, 0.29) is 27.8 Å². The van der Waals surface area contributed by atoms with Gasteiger partial charge in [-0.3, -0.25) is 4.98 Å². The molecule has 0 spiro atoms. The summed E-state index contributed by atoms with van der Waals surface area (Å²) in [7, 11) is 0. The van der Waals surface area contributed by atoms with E-state index in [4.69, 9.17) is 0 Å². The molecule has 2 aromatic carbocycles. The van der Waals surface area contributed by atoms with Gasteiger partial charge in [-0.05, 0) is 42.8 Å². The van der Waals surface area contributed by atoms with E-state index in [1.807, 2.05) is 0 Å². The van der Waals surface area contributed by atoms with Gasteiger partial charge in [0.15, 0.2) is 0 Å². The second-order valence-corrected chi connectivity index (χ2v) is 5.17. The number of aromatic nitrogens is 1. The van der Waals surface area contributed by atoms with Crippen LogP contribution in [0.15, 0.2) is 42.5 Å². The largest absolute Gasteiger partial charge is 0.508 e. The quantitative estimate of drug-likeness (QED) is 0.635. The lowest BCUT2D eigenvalue weighted by Gasteiger charge is -2.14. The van der Waals surface area contributed by atoms with Crippen molar-refractivity contribution in [3.05, 3.63) is 59.5 Å². The van der Waals surface area contributed by atoms with Gasteiger partial charge in [-0.1, -0.05) is 12.1 Å². The Bertz CT molecular complexity index is 903. The molecule has 0 saturated heterocycles. The van der Waals surface area contributed by atoms with Crippen molar-refractivity contribution in [2.75, 3.05) is 0 Å². The standard InChI is InChI=1S/C17H11F4NO/c1-9-7-12(13-8-10(23)5-6-15(13)18)11-3-2-4-14(16(11)22-9)17(19,20)21/h2-8,23H,1H3. The van der Waals surface area contributed by atoms with E-state index in [0.717, 1.165) is 12.1 Å². The monoisotopic (exact) mass is 321 g/mol. The molecule has 0 atom stereocenters. The molecule has 0 bridgehead atoms. The van der Waals surface area contributed by atoms with Gasteiger partial charge in [-0.15, -0.1) is 0 Å². The molecule has 0 aliphatic heterocycles. The van der Waals surface area contributed by atoms with Gasteiger partial charge in [0.05, 0.1) is 11.1 Å². The van der Waals surface area contributed by atoms with Gasteiger partial charge in [0.1, 0.15) is 11.6 Å². The molecule has 2 nitrogen and oxygen atoms in total. The number of phenolic OH excluding ortho intramolecular Hbond substituents is 1. The van der Waals surface area contributed by atoms with E-state index in [1.54, 1.807) is 0 Å². The van der Waals surface area contributed by atoms with E-state index in [9.17, 15) is 22.7 Å². The summed E-state index contributed by atoms with van der Waals surface area (Å²) in [6, 6.07) is 8.58. The van der Waals surface area contributed by atoms with Gasteiger partial charge in [0.2, 0.25) is 0 Å². The smallest absolute Gasteiger partial charge is 0.418 e. The van der Waals surface area contributed by atoms with Gasteiger partial charge in [-0.2, -0.15) is 13.2 Å². The first-order valence-electron chi connectivity index (χ1n) is 6.74. The molecule has 118 valence electrons. The van der Waals surface area contributed by atoms with Crippen molar-refractivity contribution >= 4 is 10.9 Å². The van der Waals surface area contributed by atoms with Gasteiger partial charge < -0.3 is 5.11 Å². The van der Waals surface area contributed by atoms with Gasteiger partial charge in [0.25, 0.3) is 0 Å². The van der Waals surface area contributed by atoms with Crippen LogP contribution in [0.1, 0.15) is 11.3 Å². The zero-order valence-electron chi connectivity index (χ0n) is 11.9. The summed E-state index contributed by atoms with van der Waals surface area (Å²) in [5.74, 6) is -0.803. The number of hydrogen-bond donors (Lipinski definition) is 1. The van der Waals surface area contributed by atoms with E-state index in [0.29, 0.717) is 5.69 Å². The summed E-state index contributed by atoms with van der Waals surface area (Å²) in [5.41, 5.74) is -0.503. The predicted octanol–water partition coefficient (Wildman–Crippen LogP) is 5.07. The van der Waals surface area contributed by atoms with Crippen molar-refractivity contribution < 1.29 is 22.7 Å². The lowest BCUT2D eigenvalue weighted by molar-refractivity contribution is -0.136. The summed E-state index contributed by atoms with van der Waals surface area (Å²) in [6.07, 6.45) is -4.56. The van der Waals surface area contributed by atoms with Crippen LogP contribution in [-0.2, 0) is 6.18 Å². The maximum Gasteiger partial charge on any atom is 0.418 e. The summed E-state index contributed by atoms with van der Waals surface area (Å²) in [5, 5.41) is 9.74. The number of nitrogens with zero attached hydrogens (tertiary/aromatic N) is 1. The third-order valence-electron chi connectivity index (χ3n) is 3.51. The summed E-state index contributed by atoms with van der Waals surface area (Å²) in [6.45, 7) is 1.54. The first-order valence-corrected chi connectivity index (χ1v) is 6.74. The Kier molecular flexibility index (Phi) is 3.47. The molecule has 0 fully saturated rings. The van der Waals surface area contributed by atoms with E-state index >= 15 is 0 Å². The molecule has 0 aliphatic carbocycles. The molecule has 23 heavy (non-hydrogen) atoms. The van der Waals surface area contributed by atoms with Gasteiger partial charge >= 0.3 is 6.18 Å². The number of para-hydroxylation sites is 1. The third-order valence-corrected chi connectivity index (χ3v) is 3.51. The highest BCUT2D eigenvalue weighted by Crippen LogP contribution is 2.38. The van der Waals surface area contributed by atoms with Crippen molar-refractivity contribution in [2.45, 2.75) is 13.1 Å². The number of aromatic hydroxyl groups is 1. The number of phenols is 1. The lowest BCUT2D eigenvalue weighted by atomic mass is 9.97. The number of halogens is 4.